The number of hydrogen-bond acceptors (Lipinski definition) is 4. The van der Waals surface area contributed by atoms with Crippen molar-refractivity contribution in [2.24, 2.45) is 0 Å². The van der Waals surface area contributed by atoms with Gasteiger partial charge in [0, 0.05) is 12.4 Å². The number of aromatic nitrogens is 5. The number of carbonyl (C=O) groups excluding carboxylic acids is 1. The van der Waals surface area contributed by atoms with Crippen LogP contribution in [0.2, 0.25) is 0 Å². The van der Waals surface area contributed by atoms with Crippen LogP contribution in [0.3, 0.4) is 0 Å². The number of para-hydroxylation sites is 1. The van der Waals surface area contributed by atoms with Gasteiger partial charge in [-0.15, -0.1) is 10.2 Å². The lowest BCUT2D eigenvalue weighted by molar-refractivity contribution is 0.0938. The molecule has 0 aliphatic rings. The van der Waals surface area contributed by atoms with Crippen LogP contribution in [-0.4, -0.2) is 30.3 Å². The summed E-state index contributed by atoms with van der Waals surface area (Å²) in [6, 6.07) is 15.0. The number of rotatable bonds is 4. The summed E-state index contributed by atoms with van der Waals surface area (Å²) in [7, 11) is 0. The highest BCUT2D eigenvalue weighted by molar-refractivity contribution is 5.94. The van der Waals surface area contributed by atoms with Gasteiger partial charge in [0.2, 0.25) is 0 Å². The summed E-state index contributed by atoms with van der Waals surface area (Å²) in [5.74, 6) is 0.474. The zero-order chi connectivity index (χ0) is 17.2. The fourth-order valence-corrected chi connectivity index (χ4v) is 2.66. The zero-order valence-electron chi connectivity index (χ0n) is 13.6. The highest BCUT2D eigenvalue weighted by Gasteiger charge is 2.17. The molecule has 7 nitrogen and oxygen atoms in total. The molecule has 124 valence electrons. The van der Waals surface area contributed by atoms with Crippen LogP contribution in [0.25, 0.3) is 11.3 Å². The van der Waals surface area contributed by atoms with Gasteiger partial charge in [0.1, 0.15) is 0 Å². The van der Waals surface area contributed by atoms with Crippen LogP contribution in [0.1, 0.15) is 29.1 Å². The number of carbonyl (C=O) groups is 1. The van der Waals surface area contributed by atoms with E-state index in [1.165, 1.54) is 0 Å². The SMILES string of the molecule is C[C@@H](NC(=O)c1cnn(-c2ccccc2)c1)c1nnc2ccccn12. The first-order valence-electron chi connectivity index (χ1n) is 7.93. The molecule has 3 aromatic heterocycles. The molecule has 1 aromatic carbocycles. The van der Waals surface area contributed by atoms with Crippen LogP contribution < -0.4 is 5.32 Å². The van der Waals surface area contributed by atoms with E-state index in [0.29, 0.717) is 11.4 Å². The molecule has 4 rings (SSSR count). The Morgan fingerprint density at radius 3 is 2.72 bits per heavy atom. The van der Waals surface area contributed by atoms with E-state index in [1.54, 1.807) is 17.1 Å². The monoisotopic (exact) mass is 332 g/mol. The van der Waals surface area contributed by atoms with E-state index in [1.807, 2.05) is 66.1 Å². The number of benzene rings is 1. The topological polar surface area (TPSA) is 77.1 Å². The van der Waals surface area contributed by atoms with Crippen molar-refractivity contribution in [1.29, 1.82) is 0 Å². The van der Waals surface area contributed by atoms with Crippen molar-refractivity contribution in [2.75, 3.05) is 0 Å². The van der Waals surface area contributed by atoms with Crippen LogP contribution in [0.4, 0.5) is 0 Å². The number of amides is 1. The van der Waals surface area contributed by atoms with Crippen molar-refractivity contribution >= 4 is 11.6 Å². The molecular formula is C18H16N6O. The molecule has 0 bridgehead atoms. The first-order valence-corrected chi connectivity index (χ1v) is 7.93. The molecule has 1 amide bonds. The van der Waals surface area contributed by atoms with E-state index >= 15 is 0 Å². The van der Waals surface area contributed by atoms with Gasteiger partial charge < -0.3 is 5.32 Å². The van der Waals surface area contributed by atoms with Crippen molar-refractivity contribution in [2.45, 2.75) is 13.0 Å². The highest BCUT2D eigenvalue weighted by atomic mass is 16.1. The van der Waals surface area contributed by atoms with Gasteiger partial charge in [0.25, 0.3) is 5.91 Å². The smallest absolute Gasteiger partial charge is 0.255 e. The van der Waals surface area contributed by atoms with E-state index in [2.05, 4.69) is 20.6 Å². The molecule has 7 heteroatoms. The van der Waals surface area contributed by atoms with E-state index in [-0.39, 0.29) is 11.9 Å². The van der Waals surface area contributed by atoms with Crippen molar-refractivity contribution in [3.63, 3.8) is 0 Å². The number of nitrogens with zero attached hydrogens (tertiary/aromatic N) is 5. The second kappa shape index (κ2) is 6.20. The minimum absolute atomic E-state index is 0.206. The lowest BCUT2D eigenvalue weighted by Gasteiger charge is -2.11. The molecule has 0 spiro atoms. The Kier molecular flexibility index (Phi) is 3.74. The Bertz CT molecular complexity index is 1020. The molecule has 0 saturated heterocycles. The third kappa shape index (κ3) is 2.87. The average molecular weight is 332 g/mol. The van der Waals surface area contributed by atoms with Crippen LogP contribution in [0.15, 0.2) is 67.1 Å². The minimum Gasteiger partial charge on any atom is -0.342 e. The van der Waals surface area contributed by atoms with Crippen molar-refractivity contribution in [3.05, 3.63) is 78.5 Å². The molecule has 0 fully saturated rings. The maximum atomic E-state index is 12.5. The fourth-order valence-electron chi connectivity index (χ4n) is 2.66. The maximum Gasteiger partial charge on any atom is 0.255 e. The standard InChI is InChI=1S/C18H16N6O/c1-13(17-22-21-16-9-5-6-10-23(16)17)20-18(25)14-11-19-24(12-14)15-7-3-2-4-8-15/h2-13H,1H3,(H,20,25)/t13-/m1/s1. The minimum atomic E-state index is -0.287. The summed E-state index contributed by atoms with van der Waals surface area (Å²) < 4.78 is 3.53. The third-order valence-corrected chi connectivity index (χ3v) is 3.94. The van der Waals surface area contributed by atoms with Gasteiger partial charge in [-0.2, -0.15) is 5.10 Å². The summed E-state index contributed by atoms with van der Waals surface area (Å²) >= 11 is 0. The predicted molar refractivity (Wildman–Crippen MR) is 92.4 cm³/mol. The maximum absolute atomic E-state index is 12.5. The first-order chi connectivity index (χ1) is 12.2. The normalized spacial score (nSPS) is 12.2. The Morgan fingerprint density at radius 2 is 1.88 bits per heavy atom. The quantitative estimate of drug-likeness (QED) is 0.622. The highest BCUT2D eigenvalue weighted by Crippen LogP contribution is 2.13. The van der Waals surface area contributed by atoms with Gasteiger partial charge in [-0.1, -0.05) is 24.3 Å². The van der Waals surface area contributed by atoms with Crippen LogP contribution >= 0.6 is 0 Å². The Balaban J connectivity index is 1.53. The largest absolute Gasteiger partial charge is 0.342 e. The van der Waals surface area contributed by atoms with Gasteiger partial charge in [-0.25, -0.2) is 4.68 Å². The molecule has 1 atom stereocenters. The molecule has 0 aliphatic heterocycles. The number of fused-ring (bicyclic) bond motifs is 1. The Hall–Kier alpha value is -3.48. The van der Waals surface area contributed by atoms with E-state index in [4.69, 9.17) is 0 Å². The third-order valence-electron chi connectivity index (χ3n) is 3.94. The molecule has 0 radical (unpaired) electrons. The van der Waals surface area contributed by atoms with Crippen molar-refractivity contribution in [1.82, 2.24) is 29.7 Å². The van der Waals surface area contributed by atoms with Gasteiger partial charge >= 0.3 is 0 Å². The summed E-state index contributed by atoms with van der Waals surface area (Å²) in [6.45, 7) is 1.88. The Labute approximate surface area is 143 Å². The first kappa shape index (κ1) is 15.1. The van der Waals surface area contributed by atoms with E-state index < -0.39 is 0 Å². The molecular weight excluding hydrogens is 316 g/mol. The lowest BCUT2D eigenvalue weighted by atomic mass is 10.2. The van der Waals surface area contributed by atoms with Gasteiger partial charge in [-0.3, -0.25) is 9.20 Å². The van der Waals surface area contributed by atoms with E-state index in [0.717, 1.165) is 11.3 Å². The van der Waals surface area contributed by atoms with Crippen molar-refractivity contribution < 1.29 is 4.79 Å². The van der Waals surface area contributed by atoms with Crippen LogP contribution in [0.5, 0.6) is 0 Å². The number of nitrogens with one attached hydrogen (secondary N) is 1. The molecule has 25 heavy (non-hydrogen) atoms. The van der Waals surface area contributed by atoms with Gasteiger partial charge in [0.15, 0.2) is 11.5 Å². The van der Waals surface area contributed by atoms with Crippen molar-refractivity contribution in [3.8, 4) is 5.69 Å². The lowest BCUT2D eigenvalue weighted by Crippen LogP contribution is -2.27. The second-order valence-corrected chi connectivity index (χ2v) is 5.69. The molecule has 3 heterocycles. The molecule has 1 N–H and O–H groups in total. The molecule has 0 unspecified atom stereocenters. The number of hydrogen-bond donors (Lipinski definition) is 1. The van der Waals surface area contributed by atoms with Gasteiger partial charge in [-0.05, 0) is 31.2 Å². The second-order valence-electron chi connectivity index (χ2n) is 5.69. The molecule has 0 aliphatic carbocycles. The summed E-state index contributed by atoms with van der Waals surface area (Å²) in [4.78, 5) is 12.5. The average Bonchev–Trinajstić information content (AvgIpc) is 3.30. The Morgan fingerprint density at radius 1 is 1.08 bits per heavy atom. The summed E-state index contributed by atoms with van der Waals surface area (Å²) in [5.41, 5.74) is 2.14. The summed E-state index contributed by atoms with van der Waals surface area (Å²) in [5, 5.41) is 15.5. The zero-order valence-corrected chi connectivity index (χ0v) is 13.6. The molecule has 4 aromatic rings. The molecule has 0 saturated carbocycles. The van der Waals surface area contributed by atoms with Gasteiger partial charge in [0.05, 0.1) is 23.5 Å². The van der Waals surface area contributed by atoms with Crippen LogP contribution in [-0.2, 0) is 0 Å². The summed E-state index contributed by atoms with van der Waals surface area (Å²) in [6.07, 6.45) is 5.14. The number of pyridine rings is 1. The predicted octanol–water partition coefficient (Wildman–Crippen LogP) is 2.41. The van der Waals surface area contributed by atoms with Crippen LogP contribution in [0, 0.1) is 0 Å². The van der Waals surface area contributed by atoms with E-state index in [9.17, 15) is 4.79 Å². The fraction of sp³-hybridized carbons (Fsp3) is 0.111.